The van der Waals surface area contributed by atoms with E-state index >= 15 is 0 Å². The van der Waals surface area contributed by atoms with E-state index in [1.165, 1.54) is 6.20 Å². The highest BCUT2D eigenvalue weighted by atomic mass is 32.2. The summed E-state index contributed by atoms with van der Waals surface area (Å²) in [5.41, 5.74) is 0.564. The van der Waals surface area contributed by atoms with E-state index in [1.807, 2.05) is 0 Å². The van der Waals surface area contributed by atoms with Gasteiger partial charge in [0, 0.05) is 24.7 Å². The van der Waals surface area contributed by atoms with Gasteiger partial charge in [-0.2, -0.15) is 4.31 Å². The Hall–Kier alpha value is -1.66. The van der Waals surface area contributed by atoms with Crippen molar-refractivity contribution in [2.45, 2.75) is 24.7 Å². The Bertz CT molecular complexity index is 702. The van der Waals surface area contributed by atoms with Crippen molar-refractivity contribution in [3.05, 3.63) is 36.5 Å². The van der Waals surface area contributed by atoms with Gasteiger partial charge in [0.05, 0.1) is 11.1 Å². The van der Waals surface area contributed by atoms with Crippen molar-refractivity contribution in [1.82, 2.24) is 9.46 Å². The van der Waals surface area contributed by atoms with Crippen LogP contribution in [0.3, 0.4) is 0 Å². The number of nitrogens with zero attached hydrogens (tertiary/aromatic N) is 2. The maximum absolute atomic E-state index is 12.9. The lowest BCUT2D eigenvalue weighted by Gasteiger charge is -2.29. The topological polar surface area (TPSA) is 63.4 Å². The minimum atomic E-state index is -3.50. The number of hydrogen-bond acceptors (Lipinski definition) is 4. The molecule has 0 N–H and O–H groups in total. The van der Waals surface area contributed by atoms with Crippen LogP contribution in [0.5, 0.6) is 0 Å². The minimum absolute atomic E-state index is 0.288. The maximum Gasteiger partial charge on any atom is 0.243 e. The molecule has 0 unspecified atom stereocenters. The van der Waals surface area contributed by atoms with Gasteiger partial charge in [-0.15, -0.1) is 0 Å². The Kier molecular flexibility index (Phi) is 3.82. The Morgan fingerprint density at radius 2 is 1.90 bits per heavy atom. The van der Waals surface area contributed by atoms with E-state index in [1.54, 1.807) is 34.6 Å². The fourth-order valence-corrected chi connectivity index (χ4v) is 4.28. The molecular formula is C15H18N2O3S. The zero-order valence-corrected chi connectivity index (χ0v) is 12.7. The SMILES string of the molecule is CC1CCN(S(=O)(=O)c2ccccc2-c2ccno2)CC1. The summed E-state index contributed by atoms with van der Waals surface area (Å²) in [6.07, 6.45) is 3.33. The molecule has 0 amide bonds. The molecule has 0 saturated carbocycles. The molecule has 1 aromatic carbocycles. The number of sulfonamides is 1. The van der Waals surface area contributed by atoms with Gasteiger partial charge in [0.1, 0.15) is 0 Å². The highest BCUT2D eigenvalue weighted by molar-refractivity contribution is 7.89. The van der Waals surface area contributed by atoms with E-state index < -0.39 is 10.0 Å². The van der Waals surface area contributed by atoms with Crippen LogP contribution in [0.4, 0.5) is 0 Å². The normalized spacial score (nSPS) is 18.0. The first kappa shape index (κ1) is 14.3. The van der Waals surface area contributed by atoms with Crippen molar-refractivity contribution < 1.29 is 12.9 Å². The summed E-state index contributed by atoms with van der Waals surface area (Å²) in [6, 6.07) is 8.59. The molecule has 0 radical (unpaired) electrons. The summed E-state index contributed by atoms with van der Waals surface area (Å²) in [5.74, 6) is 1.06. The molecule has 21 heavy (non-hydrogen) atoms. The molecule has 3 rings (SSSR count). The standard InChI is InChI=1S/C15H18N2O3S/c1-12-7-10-17(11-8-12)21(18,19)15-5-3-2-4-13(15)14-6-9-16-20-14/h2-6,9,12H,7-8,10-11H2,1H3. The van der Waals surface area contributed by atoms with Gasteiger partial charge in [0.15, 0.2) is 5.76 Å². The Labute approximate surface area is 124 Å². The van der Waals surface area contributed by atoms with E-state index in [9.17, 15) is 8.42 Å². The third kappa shape index (κ3) is 2.73. The second-order valence-corrected chi connectivity index (χ2v) is 7.37. The van der Waals surface area contributed by atoms with Gasteiger partial charge in [-0.05, 0) is 30.9 Å². The molecule has 1 saturated heterocycles. The summed E-state index contributed by atoms with van der Waals surface area (Å²) < 4.78 is 32.4. The lowest BCUT2D eigenvalue weighted by molar-refractivity contribution is 0.288. The molecule has 2 heterocycles. The minimum Gasteiger partial charge on any atom is -0.356 e. The zero-order chi connectivity index (χ0) is 14.9. The van der Waals surface area contributed by atoms with E-state index in [0.717, 1.165) is 12.8 Å². The van der Waals surface area contributed by atoms with Crippen molar-refractivity contribution in [3.63, 3.8) is 0 Å². The summed E-state index contributed by atoms with van der Waals surface area (Å²) in [5, 5.41) is 3.66. The fourth-order valence-electron chi connectivity index (χ4n) is 2.61. The highest BCUT2D eigenvalue weighted by Crippen LogP contribution is 2.31. The molecule has 1 aliphatic rings. The molecule has 1 fully saturated rings. The van der Waals surface area contributed by atoms with Crippen LogP contribution in [0.15, 0.2) is 45.9 Å². The summed E-state index contributed by atoms with van der Waals surface area (Å²) >= 11 is 0. The van der Waals surface area contributed by atoms with E-state index in [4.69, 9.17) is 4.52 Å². The first-order valence-electron chi connectivity index (χ1n) is 7.09. The van der Waals surface area contributed by atoms with Crippen LogP contribution in [0, 0.1) is 5.92 Å². The Morgan fingerprint density at radius 3 is 2.57 bits per heavy atom. The monoisotopic (exact) mass is 306 g/mol. The Balaban J connectivity index is 2.00. The molecule has 6 heteroatoms. The van der Waals surface area contributed by atoms with Crippen molar-refractivity contribution in [1.29, 1.82) is 0 Å². The molecule has 0 atom stereocenters. The number of aromatic nitrogens is 1. The van der Waals surface area contributed by atoms with Crippen molar-refractivity contribution in [3.8, 4) is 11.3 Å². The van der Waals surface area contributed by atoms with E-state index in [-0.39, 0.29) is 4.90 Å². The van der Waals surface area contributed by atoms with Crippen LogP contribution in [-0.4, -0.2) is 31.0 Å². The van der Waals surface area contributed by atoms with Gasteiger partial charge in [-0.25, -0.2) is 8.42 Å². The second-order valence-electron chi connectivity index (χ2n) is 5.46. The van der Waals surface area contributed by atoms with E-state index in [2.05, 4.69) is 12.1 Å². The first-order chi connectivity index (χ1) is 10.1. The summed E-state index contributed by atoms with van der Waals surface area (Å²) in [4.78, 5) is 0.288. The first-order valence-corrected chi connectivity index (χ1v) is 8.53. The largest absolute Gasteiger partial charge is 0.356 e. The van der Waals surface area contributed by atoms with Gasteiger partial charge in [-0.1, -0.05) is 24.2 Å². The predicted molar refractivity (Wildman–Crippen MR) is 79.1 cm³/mol. The fraction of sp³-hybridized carbons (Fsp3) is 0.400. The average Bonchev–Trinajstić information content (AvgIpc) is 3.02. The van der Waals surface area contributed by atoms with Crippen LogP contribution in [0.25, 0.3) is 11.3 Å². The molecule has 1 aromatic heterocycles. The Morgan fingerprint density at radius 1 is 1.19 bits per heavy atom. The lowest BCUT2D eigenvalue weighted by Crippen LogP contribution is -2.38. The lowest BCUT2D eigenvalue weighted by atomic mass is 10.0. The number of hydrogen-bond donors (Lipinski definition) is 0. The molecular weight excluding hydrogens is 288 g/mol. The molecule has 0 aliphatic carbocycles. The number of rotatable bonds is 3. The van der Waals surface area contributed by atoms with Crippen LogP contribution in [0.2, 0.25) is 0 Å². The summed E-state index contributed by atoms with van der Waals surface area (Å²) in [7, 11) is -3.50. The zero-order valence-electron chi connectivity index (χ0n) is 11.9. The quantitative estimate of drug-likeness (QED) is 0.874. The maximum atomic E-state index is 12.9. The van der Waals surface area contributed by atoms with Crippen LogP contribution in [-0.2, 0) is 10.0 Å². The van der Waals surface area contributed by atoms with Gasteiger partial charge in [-0.3, -0.25) is 0 Å². The molecule has 2 aromatic rings. The summed E-state index contributed by atoms with van der Waals surface area (Å²) in [6.45, 7) is 3.31. The molecule has 112 valence electrons. The van der Waals surface area contributed by atoms with Gasteiger partial charge in [0.2, 0.25) is 10.0 Å². The average molecular weight is 306 g/mol. The van der Waals surface area contributed by atoms with Gasteiger partial charge < -0.3 is 4.52 Å². The molecule has 0 bridgehead atoms. The third-order valence-corrected chi connectivity index (χ3v) is 5.91. The van der Waals surface area contributed by atoms with Crippen LogP contribution >= 0.6 is 0 Å². The van der Waals surface area contributed by atoms with Gasteiger partial charge in [0.25, 0.3) is 0 Å². The second kappa shape index (κ2) is 5.61. The van der Waals surface area contributed by atoms with Gasteiger partial charge >= 0.3 is 0 Å². The molecule has 0 spiro atoms. The van der Waals surface area contributed by atoms with Crippen molar-refractivity contribution >= 4 is 10.0 Å². The van der Waals surface area contributed by atoms with Crippen molar-refractivity contribution in [2.24, 2.45) is 5.92 Å². The number of piperidine rings is 1. The van der Waals surface area contributed by atoms with Crippen LogP contribution < -0.4 is 0 Å². The van der Waals surface area contributed by atoms with Crippen molar-refractivity contribution in [2.75, 3.05) is 13.1 Å². The van der Waals surface area contributed by atoms with E-state index in [0.29, 0.717) is 30.3 Å². The predicted octanol–water partition coefficient (Wildman–Crippen LogP) is 2.76. The molecule has 5 nitrogen and oxygen atoms in total. The molecule has 1 aliphatic heterocycles. The smallest absolute Gasteiger partial charge is 0.243 e. The third-order valence-electron chi connectivity index (χ3n) is 3.95. The highest BCUT2D eigenvalue weighted by Gasteiger charge is 2.30. The van der Waals surface area contributed by atoms with Crippen LogP contribution in [0.1, 0.15) is 19.8 Å². The number of benzene rings is 1.